The molecular weight excluding hydrogens is 246 g/mol. The van der Waals surface area contributed by atoms with Crippen molar-refractivity contribution in [3.05, 3.63) is 10.1 Å². The first-order valence-corrected chi connectivity index (χ1v) is 7.33. The lowest BCUT2D eigenvalue weighted by Crippen LogP contribution is -2.47. The van der Waals surface area contributed by atoms with Crippen LogP contribution in [0.5, 0.6) is 0 Å². The molecule has 1 heterocycles. The van der Waals surface area contributed by atoms with Crippen LogP contribution >= 0.6 is 0 Å². The third-order valence-electron chi connectivity index (χ3n) is 3.79. The predicted molar refractivity (Wildman–Crippen MR) is 74.5 cm³/mol. The zero-order valence-corrected chi connectivity index (χ0v) is 12.2. The fourth-order valence-electron chi connectivity index (χ4n) is 2.52. The van der Waals surface area contributed by atoms with Gasteiger partial charge >= 0.3 is 0 Å². The second-order valence-corrected chi connectivity index (χ2v) is 5.42. The molecule has 1 saturated heterocycles. The van der Waals surface area contributed by atoms with Gasteiger partial charge in [0.05, 0.1) is 0 Å². The van der Waals surface area contributed by atoms with E-state index in [2.05, 4.69) is 28.5 Å². The van der Waals surface area contributed by atoms with Gasteiger partial charge < -0.3 is 9.74 Å². The van der Waals surface area contributed by atoms with Crippen LogP contribution in [0, 0.1) is 16.0 Å². The van der Waals surface area contributed by atoms with Gasteiger partial charge in [0.2, 0.25) is 0 Å². The van der Waals surface area contributed by atoms with Crippen LogP contribution in [0.2, 0.25) is 0 Å². The molecule has 0 aromatic heterocycles. The van der Waals surface area contributed by atoms with E-state index in [-0.39, 0.29) is 6.61 Å². The van der Waals surface area contributed by atoms with Gasteiger partial charge in [-0.3, -0.25) is 4.90 Å². The smallest absolute Gasteiger partial charge is 0.294 e. The van der Waals surface area contributed by atoms with Crippen molar-refractivity contribution in [2.24, 2.45) is 5.92 Å². The minimum Gasteiger partial charge on any atom is -0.313 e. The molecule has 0 aliphatic carbocycles. The number of hydrogen-bond acceptors (Lipinski definition) is 5. The van der Waals surface area contributed by atoms with Crippen molar-refractivity contribution in [1.82, 2.24) is 9.80 Å². The molecule has 0 saturated carbocycles. The summed E-state index contributed by atoms with van der Waals surface area (Å²) >= 11 is 0. The molecule has 0 amide bonds. The summed E-state index contributed by atoms with van der Waals surface area (Å²) in [7, 11) is 0. The Kier molecular flexibility index (Phi) is 7.74. The molecule has 0 bridgehead atoms. The third kappa shape index (κ3) is 7.32. The molecule has 112 valence electrons. The molecule has 0 N–H and O–H groups in total. The van der Waals surface area contributed by atoms with Crippen molar-refractivity contribution < 1.29 is 9.92 Å². The number of rotatable bonds is 9. The molecule has 1 atom stereocenters. The zero-order valence-electron chi connectivity index (χ0n) is 12.2. The normalized spacial score (nSPS) is 19.3. The summed E-state index contributed by atoms with van der Waals surface area (Å²) < 4.78 is 0. The van der Waals surface area contributed by atoms with Crippen LogP contribution < -0.4 is 0 Å². The quantitative estimate of drug-likeness (QED) is 0.472. The predicted octanol–water partition coefficient (Wildman–Crippen LogP) is 1.64. The first-order valence-electron chi connectivity index (χ1n) is 7.33. The van der Waals surface area contributed by atoms with Gasteiger partial charge in [-0.2, -0.15) is 0 Å². The standard InChI is InChI=1S/C13H27N3O3/c1-3-4-13(2)5-6-14-7-9-15(10-8-14)11-12-19-16(17)18/h13H,3-12H2,1-2H3. The maximum Gasteiger partial charge on any atom is 0.294 e. The summed E-state index contributed by atoms with van der Waals surface area (Å²) in [5.74, 6) is 0.816. The molecule has 0 aromatic rings. The lowest BCUT2D eigenvalue weighted by atomic mass is 10.0. The van der Waals surface area contributed by atoms with Crippen molar-refractivity contribution in [2.45, 2.75) is 33.1 Å². The van der Waals surface area contributed by atoms with Crippen LogP contribution in [-0.4, -0.2) is 60.8 Å². The van der Waals surface area contributed by atoms with Gasteiger partial charge in [0.25, 0.3) is 5.09 Å². The monoisotopic (exact) mass is 273 g/mol. The van der Waals surface area contributed by atoms with E-state index in [9.17, 15) is 10.1 Å². The Hall–Kier alpha value is -0.880. The van der Waals surface area contributed by atoms with Gasteiger partial charge in [-0.05, 0) is 18.9 Å². The van der Waals surface area contributed by atoms with E-state index in [4.69, 9.17) is 0 Å². The Morgan fingerprint density at radius 1 is 1.16 bits per heavy atom. The van der Waals surface area contributed by atoms with Crippen molar-refractivity contribution in [2.75, 3.05) is 45.9 Å². The topological polar surface area (TPSA) is 58.8 Å². The highest BCUT2D eigenvalue weighted by molar-refractivity contribution is 4.72. The summed E-state index contributed by atoms with van der Waals surface area (Å²) in [4.78, 5) is 19.1. The van der Waals surface area contributed by atoms with Gasteiger partial charge in [0, 0.05) is 32.7 Å². The maximum atomic E-state index is 10.1. The highest BCUT2D eigenvalue weighted by Gasteiger charge is 2.17. The van der Waals surface area contributed by atoms with E-state index < -0.39 is 5.09 Å². The van der Waals surface area contributed by atoms with Gasteiger partial charge in [0.15, 0.2) is 0 Å². The largest absolute Gasteiger partial charge is 0.313 e. The second kappa shape index (κ2) is 9.09. The van der Waals surface area contributed by atoms with Crippen molar-refractivity contribution in [3.63, 3.8) is 0 Å². The van der Waals surface area contributed by atoms with E-state index in [1.807, 2.05) is 0 Å². The summed E-state index contributed by atoms with van der Waals surface area (Å²) in [5.41, 5.74) is 0. The van der Waals surface area contributed by atoms with Gasteiger partial charge in [-0.1, -0.05) is 26.7 Å². The molecule has 1 aliphatic heterocycles. The summed E-state index contributed by atoms with van der Waals surface area (Å²) in [6.07, 6.45) is 3.86. The SMILES string of the molecule is CCCC(C)CCN1CCN(CCO[N+](=O)[O-])CC1. The number of piperazine rings is 1. The molecule has 1 fully saturated rings. The summed E-state index contributed by atoms with van der Waals surface area (Å²) in [6, 6.07) is 0. The van der Waals surface area contributed by atoms with Gasteiger partial charge in [0.1, 0.15) is 6.61 Å². The summed E-state index contributed by atoms with van der Waals surface area (Å²) in [5, 5.41) is 9.33. The second-order valence-electron chi connectivity index (χ2n) is 5.42. The molecule has 6 nitrogen and oxygen atoms in total. The minimum absolute atomic E-state index is 0.181. The Balaban J connectivity index is 2.06. The average molecular weight is 273 g/mol. The minimum atomic E-state index is -0.717. The third-order valence-corrected chi connectivity index (χ3v) is 3.79. The Bertz CT molecular complexity index is 256. The lowest BCUT2D eigenvalue weighted by molar-refractivity contribution is -0.757. The molecule has 0 spiro atoms. The van der Waals surface area contributed by atoms with Crippen LogP contribution in [0.4, 0.5) is 0 Å². The molecule has 1 aliphatic rings. The molecule has 19 heavy (non-hydrogen) atoms. The number of hydrogen-bond donors (Lipinski definition) is 0. The molecule has 1 rings (SSSR count). The maximum absolute atomic E-state index is 10.1. The van der Waals surface area contributed by atoms with E-state index in [1.165, 1.54) is 25.8 Å². The molecule has 0 aromatic carbocycles. The first kappa shape index (κ1) is 16.2. The van der Waals surface area contributed by atoms with Crippen molar-refractivity contribution >= 4 is 0 Å². The Morgan fingerprint density at radius 2 is 1.74 bits per heavy atom. The van der Waals surface area contributed by atoms with Crippen LogP contribution in [0.1, 0.15) is 33.1 Å². The molecular formula is C13H27N3O3. The molecule has 1 unspecified atom stereocenters. The van der Waals surface area contributed by atoms with E-state index >= 15 is 0 Å². The van der Waals surface area contributed by atoms with E-state index in [1.54, 1.807) is 0 Å². The van der Waals surface area contributed by atoms with E-state index in [0.717, 1.165) is 32.1 Å². The van der Waals surface area contributed by atoms with Crippen LogP contribution in [0.25, 0.3) is 0 Å². The molecule has 0 radical (unpaired) electrons. The average Bonchev–Trinajstić information content (AvgIpc) is 2.38. The van der Waals surface area contributed by atoms with Gasteiger partial charge in [-0.25, -0.2) is 0 Å². The fraction of sp³-hybridized carbons (Fsp3) is 1.00. The summed E-state index contributed by atoms with van der Waals surface area (Å²) in [6.45, 7) is 10.7. The number of nitrogens with zero attached hydrogens (tertiary/aromatic N) is 3. The van der Waals surface area contributed by atoms with Crippen LogP contribution in [0.3, 0.4) is 0 Å². The molecule has 6 heteroatoms. The fourth-order valence-corrected chi connectivity index (χ4v) is 2.52. The van der Waals surface area contributed by atoms with Crippen molar-refractivity contribution in [1.29, 1.82) is 0 Å². The van der Waals surface area contributed by atoms with E-state index in [0.29, 0.717) is 6.54 Å². The first-order chi connectivity index (χ1) is 9.11. The highest BCUT2D eigenvalue weighted by atomic mass is 16.9. The Labute approximate surface area is 115 Å². The highest BCUT2D eigenvalue weighted by Crippen LogP contribution is 2.11. The van der Waals surface area contributed by atoms with Crippen LogP contribution in [-0.2, 0) is 4.84 Å². The Morgan fingerprint density at radius 3 is 2.26 bits per heavy atom. The lowest BCUT2D eigenvalue weighted by Gasteiger charge is -2.34. The zero-order chi connectivity index (χ0) is 14.1. The van der Waals surface area contributed by atoms with Crippen molar-refractivity contribution in [3.8, 4) is 0 Å². The van der Waals surface area contributed by atoms with Gasteiger partial charge in [-0.15, -0.1) is 10.1 Å². The van der Waals surface area contributed by atoms with Crippen LogP contribution in [0.15, 0.2) is 0 Å².